The second kappa shape index (κ2) is 9.33. The van der Waals surface area contributed by atoms with Crippen molar-refractivity contribution in [1.82, 2.24) is 4.90 Å². The van der Waals surface area contributed by atoms with Gasteiger partial charge in [-0.3, -0.25) is 14.7 Å². The first kappa shape index (κ1) is 21.2. The van der Waals surface area contributed by atoms with Crippen molar-refractivity contribution < 1.29 is 14.3 Å². The van der Waals surface area contributed by atoms with Crippen molar-refractivity contribution >= 4 is 51.5 Å². The number of likely N-dealkylation sites (N-methyl/N-ethyl adjacent to an activating group) is 1. The van der Waals surface area contributed by atoms with Gasteiger partial charge in [-0.2, -0.15) is 5.26 Å². The Labute approximate surface area is 187 Å². The number of halogens is 1. The molecule has 6 nitrogen and oxygen atoms in total. The summed E-state index contributed by atoms with van der Waals surface area (Å²) >= 11 is 3.52. The van der Waals surface area contributed by atoms with Crippen LogP contribution in [0.5, 0.6) is 11.5 Å². The standard InChI is InChI=1S/C21H18IN3O3S/c1-24-21-25(2)20(26)18(29-21)10-13-8-16(22)19(17(9-13)27-3)28-12-15-7-5-4-6-14(15)11-23/h4-10H,12H2,1-3H3/b18-10+,24-21?. The average Bonchev–Trinajstić information content (AvgIpc) is 3.00. The van der Waals surface area contributed by atoms with E-state index in [0.29, 0.717) is 27.1 Å². The Balaban J connectivity index is 1.88. The van der Waals surface area contributed by atoms with Crippen LogP contribution < -0.4 is 9.47 Å². The number of rotatable bonds is 5. The average molecular weight is 519 g/mol. The lowest BCUT2D eigenvalue weighted by Crippen LogP contribution is -2.23. The summed E-state index contributed by atoms with van der Waals surface area (Å²) in [5.41, 5.74) is 2.22. The highest BCUT2D eigenvalue weighted by Crippen LogP contribution is 2.37. The quantitative estimate of drug-likeness (QED) is 0.436. The smallest absolute Gasteiger partial charge is 0.266 e. The molecule has 1 fully saturated rings. The van der Waals surface area contributed by atoms with Crippen LogP contribution in [0.4, 0.5) is 0 Å². The fourth-order valence-corrected chi connectivity index (χ4v) is 4.48. The molecule has 0 saturated carbocycles. The van der Waals surface area contributed by atoms with Crippen molar-refractivity contribution in [2.75, 3.05) is 21.2 Å². The van der Waals surface area contributed by atoms with Gasteiger partial charge in [-0.05, 0) is 64.2 Å². The number of amidine groups is 1. The highest BCUT2D eigenvalue weighted by molar-refractivity contribution is 14.1. The van der Waals surface area contributed by atoms with Crippen LogP contribution >= 0.6 is 34.4 Å². The highest BCUT2D eigenvalue weighted by Gasteiger charge is 2.29. The van der Waals surface area contributed by atoms with Gasteiger partial charge >= 0.3 is 0 Å². The third kappa shape index (κ3) is 4.57. The normalized spacial score (nSPS) is 16.4. The molecule has 0 aromatic heterocycles. The number of hydrogen-bond donors (Lipinski definition) is 0. The molecule has 29 heavy (non-hydrogen) atoms. The Morgan fingerprint density at radius 1 is 1.34 bits per heavy atom. The van der Waals surface area contributed by atoms with E-state index in [4.69, 9.17) is 9.47 Å². The molecule has 0 unspecified atom stereocenters. The number of nitriles is 1. The van der Waals surface area contributed by atoms with Gasteiger partial charge in [0.05, 0.1) is 27.2 Å². The Kier molecular flexibility index (Phi) is 6.82. The van der Waals surface area contributed by atoms with Crippen molar-refractivity contribution in [2.45, 2.75) is 6.61 Å². The number of ether oxygens (including phenoxy) is 2. The van der Waals surface area contributed by atoms with Gasteiger partial charge in [-0.1, -0.05) is 18.2 Å². The van der Waals surface area contributed by atoms with Crippen molar-refractivity contribution in [3.8, 4) is 17.6 Å². The second-order valence-electron chi connectivity index (χ2n) is 6.07. The van der Waals surface area contributed by atoms with Crippen LogP contribution in [0, 0.1) is 14.9 Å². The van der Waals surface area contributed by atoms with Crippen LogP contribution in [0.15, 0.2) is 46.3 Å². The molecule has 1 saturated heterocycles. The van der Waals surface area contributed by atoms with Crippen LogP contribution in [0.2, 0.25) is 0 Å². The van der Waals surface area contributed by atoms with Crippen LogP contribution in [-0.2, 0) is 11.4 Å². The predicted molar refractivity (Wildman–Crippen MR) is 123 cm³/mol. The lowest BCUT2D eigenvalue weighted by molar-refractivity contribution is -0.121. The molecule has 0 radical (unpaired) electrons. The third-order valence-electron chi connectivity index (χ3n) is 4.25. The van der Waals surface area contributed by atoms with E-state index in [0.717, 1.165) is 14.7 Å². The molecule has 0 bridgehead atoms. The second-order valence-corrected chi connectivity index (χ2v) is 8.24. The maximum atomic E-state index is 12.4. The number of thioether (sulfide) groups is 1. The molecular weight excluding hydrogens is 501 g/mol. The van der Waals surface area contributed by atoms with E-state index in [9.17, 15) is 10.1 Å². The number of aliphatic imine (C=N–C) groups is 1. The number of benzene rings is 2. The molecule has 3 rings (SSSR count). The molecule has 148 valence electrons. The molecule has 0 atom stereocenters. The van der Waals surface area contributed by atoms with E-state index < -0.39 is 0 Å². The molecule has 0 N–H and O–H groups in total. The Morgan fingerprint density at radius 3 is 2.76 bits per heavy atom. The Morgan fingerprint density at radius 2 is 2.10 bits per heavy atom. The monoisotopic (exact) mass is 519 g/mol. The lowest BCUT2D eigenvalue weighted by atomic mass is 10.1. The van der Waals surface area contributed by atoms with Crippen LogP contribution in [-0.4, -0.2) is 37.2 Å². The number of carbonyl (C=O) groups excluding carboxylic acids is 1. The predicted octanol–water partition coefficient (Wildman–Crippen LogP) is 4.28. The molecule has 0 aliphatic carbocycles. The van der Waals surface area contributed by atoms with Gasteiger partial charge < -0.3 is 9.47 Å². The first-order valence-corrected chi connectivity index (χ1v) is 10.5. The van der Waals surface area contributed by atoms with Gasteiger partial charge in [-0.25, -0.2) is 0 Å². The number of hydrogen-bond acceptors (Lipinski definition) is 6. The van der Waals surface area contributed by atoms with E-state index >= 15 is 0 Å². The van der Waals surface area contributed by atoms with E-state index in [1.165, 1.54) is 16.7 Å². The van der Waals surface area contributed by atoms with E-state index in [1.807, 2.05) is 36.4 Å². The first-order chi connectivity index (χ1) is 14.0. The Bertz CT molecular complexity index is 1060. The summed E-state index contributed by atoms with van der Waals surface area (Å²) in [6, 6.07) is 13.2. The number of nitrogens with zero attached hydrogens (tertiary/aromatic N) is 3. The van der Waals surface area contributed by atoms with Crippen LogP contribution in [0.25, 0.3) is 6.08 Å². The van der Waals surface area contributed by atoms with Crippen molar-refractivity contribution in [3.63, 3.8) is 0 Å². The van der Waals surface area contributed by atoms with Crippen LogP contribution in [0.1, 0.15) is 16.7 Å². The number of amides is 1. The zero-order chi connectivity index (χ0) is 21.0. The summed E-state index contributed by atoms with van der Waals surface area (Å²) in [5, 5.41) is 9.91. The summed E-state index contributed by atoms with van der Waals surface area (Å²) < 4.78 is 12.3. The summed E-state index contributed by atoms with van der Waals surface area (Å²) in [6.07, 6.45) is 1.82. The molecule has 2 aromatic rings. The largest absolute Gasteiger partial charge is 0.493 e. The fourth-order valence-electron chi connectivity index (χ4n) is 2.77. The summed E-state index contributed by atoms with van der Waals surface area (Å²) in [6.45, 7) is 0.256. The summed E-state index contributed by atoms with van der Waals surface area (Å²) in [4.78, 5) is 18.6. The molecular formula is C21H18IN3O3S. The van der Waals surface area contributed by atoms with E-state index in [-0.39, 0.29) is 12.5 Å². The number of methoxy groups -OCH3 is 1. The third-order valence-corrected chi connectivity index (χ3v) is 6.21. The Hall–Kier alpha value is -2.51. The van der Waals surface area contributed by atoms with Crippen molar-refractivity contribution in [2.24, 2.45) is 4.99 Å². The minimum absolute atomic E-state index is 0.0852. The molecule has 1 amide bonds. The molecule has 2 aromatic carbocycles. The maximum Gasteiger partial charge on any atom is 0.266 e. The molecule has 1 aliphatic rings. The minimum atomic E-state index is -0.0852. The van der Waals surface area contributed by atoms with Crippen LogP contribution in [0.3, 0.4) is 0 Å². The van der Waals surface area contributed by atoms with Gasteiger partial charge in [0.25, 0.3) is 5.91 Å². The molecule has 0 spiro atoms. The van der Waals surface area contributed by atoms with Gasteiger partial charge in [0.15, 0.2) is 16.7 Å². The van der Waals surface area contributed by atoms with Gasteiger partial charge in [0.1, 0.15) is 6.61 Å². The highest BCUT2D eigenvalue weighted by atomic mass is 127. The minimum Gasteiger partial charge on any atom is -0.493 e. The fraction of sp³-hybridized carbons (Fsp3) is 0.190. The van der Waals surface area contributed by atoms with E-state index in [1.54, 1.807) is 27.3 Å². The van der Waals surface area contributed by atoms with Gasteiger partial charge in [-0.15, -0.1) is 0 Å². The van der Waals surface area contributed by atoms with E-state index in [2.05, 4.69) is 33.7 Å². The lowest BCUT2D eigenvalue weighted by Gasteiger charge is -2.14. The zero-order valence-electron chi connectivity index (χ0n) is 16.1. The molecule has 8 heteroatoms. The number of carbonyl (C=O) groups is 1. The SMILES string of the molecule is CN=C1S/C(=C/c2cc(I)c(OCc3ccccc3C#N)c(OC)c2)C(=O)N1C. The summed E-state index contributed by atoms with van der Waals surface area (Å²) in [7, 11) is 4.94. The topological polar surface area (TPSA) is 74.9 Å². The summed E-state index contributed by atoms with van der Waals surface area (Å²) in [5.74, 6) is 1.07. The zero-order valence-corrected chi connectivity index (χ0v) is 19.1. The van der Waals surface area contributed by atoms with Gasteiger partial charge in [0.2, 0.25) is 0 Å². The van der Waals surface area contributed by atoms with Crippen molar-refractivity contribution in [1.29, 1.82) is 5.26 Å². The maximum absolute atomic E-state index is 12.4. The van der Waals surface area contributed by atoms with Crippen molar-refractivity contribution in [3.05, 3.63) is 61.6 Å². The molecule has 1 aliphatic heterocycles. The van der Waals surface area contributed by atoms with Gasteiger partial charge in [0, 0.05) is 19.7 Å². The molecule has 1 heterocycles. The first-order valence-electron chi connectivity index (χ1n) is 8.61.